The lowest BCUT2D eigenvalue weighted by Crippen LogP contribution is -2.50. The molecule has 0 radical (unpaired) electrons. The van der Waals surface area contributed by atoms with Gasteiger partial charge in [-0.15, -0.1) is 0 Å². The minimum absolute atomic E-state index is 0.165. The van der Waals surface area contributed by atoms with Gasteiger partial charge in [0.15, 0.2) is 0 Å². The Hall–Kier alpha value is -0.130. The summed E-state index contributed by atoms with van der Waals surface area (Å²) >= 11 is 0. The van der Waals surface area contributed by atoms with E-state index in [0.29, 0.717) is 18.5 Å². The molecular weight excluding hydrogens is 236 g/mol. The smallest absolute Gasteiger partial charge is 0.218 e. The van der Waals surface area contributed by atoms with Crippen LogP contribution in [0.3, 0.4) is 0 Å². The zero-order valence-electron chi connectivity index (χ0n) is 10.3. The predicted molar refractivity (Wildman–Crippen MR) is 67.3 cm³/mol. The summed E-state index contributed by atoms with van der Waals surface area (Å²) in [6.45, 7) is 2.27. The van der Waals surface area contributed by atoms with Gasteiger partial charge in [0.1, 0.15) is 0 Å². The molecule has 0 aromatic carbocycles. The Balaban J connectivity index is 1.81. The van der Waals surface area contributed by atoms with Crippen molar-refractivity contribution in [2.75, 3.05) is 19.6 Å². The molecule has 2 heterocycles. The van der Waals surface area contributed by atoms with Gasteiger partial charge >= 0.3 is 0 Å². The summed E-state index contributed by atoms with van der Waals surface area (Å²) in [4.78, 5) is 0. The molecule has 3 rings (SSSR count). The fourth-order valence-electron chi connectivity index (χ4n) is 3.80. The summed E-state index contributed by atoms with van der Waals surface area (Å²) in [5.41, 5.74) is 0. The number of nitrogens with zero attached hydrogens (tertiary/aromatic N) is 1. The first-order valence-electron chi connectivity index (χ1n) is 6.91. The van der Waals surface area contributed by atoms with Crippen LogP contribution in [0.4, 0.5) is 0 Å². The molecule has 1 N–H and O–H groups in total. The first-order valence-corrected chi connectivity index (χ1v) is 8.41. The van der Waals surface area contributed by atoms with Crippen LogP contribution in [0.2, 0.25) is 0 Å². The number of sulfonamides is 1. The van der Waals surface area contributed by atoms with Crippen LogP contribution in [0.15, 0.2) is 0 Å². The number of rotatable bonds is 2. The highest BCUT2D eigenvalue weighted by Gasteiger charge is 2.43. The maximum absolute atomic E-state index is 12.6. The fraction of sp³-hybridized carbons (Fsp3) is 1.00. The van der Waals surface area contributed by atoms with Crippen LogP contribution in [0.1, 0.15) is 38.5 Å². The topological polar surface area (TPSA) is 49.4 Å². The molecule has 0 spiro atoms. The maximum Gasteiger partial charge on any atom is 0.218 e. The molecule has 3 unspecified atom stereocenters. The zero-order chi connectivity index (χ0) is 11.9. The second-order valence-electron chi connectivity index (χ2n) is 5.67. The van der Waals surface area contributed by atoms with Gasteiger partial charge in [-0.05, 0) is 44.6 Å². The van der Waals surface area contributed by atoms with E-state index in [2.05, 4.69) is 5.32 Å². The van der Waals surface area contributed by atoms with E-state index in [1.54, 1.807) is 0 Å². The molecule has 4 nitrogen and oxygen atoms in total. The molecule has 0 bridgehead atoms. The van der Waals surface area contributed by atoms with E-state index in [1.165, 1.54) is 19.3 Å². The lowest BCUT2D eigenvalue weighted by Gasteiger charge is -2.38. The van der Waals surface area contributed by atoms with Crippen LogP contribution in [0.25, 0.3) is 0 Å². The van der Waals surface area contributed by atoms with Gasteiger partial charge < -0.3 is 5.32 Å². The minimum atomic E-state index is -3.05. The SMILES string of the molecule is O=S(=O)(C1CCNC1)N1CCCC2CCCC21. The maximum atomic E-state index is 12.6. The molecule has 1 saturated carbocycles. The average molecular weight is 258 g/mol. The van der Waals surface area contributed by atoms with Crippen LogP contribution in [-0.4, -0.2) is 43.6 Å². The van der Waals surface area contributed by atoms with Crippen molar-refractivity contribution in [2.24, 2.45) is 5.92 Å². The number of fused-ring (bicyclic) bond motifs is 1. The van der Waals surface area contributed by atoms with E-state index in [4.69, 9.17) is 0 Å². The van der Waals surface area contributed by atoms with Gasteiger partial charge in [-0.3, -0.25) is 0 Å². The first kappa shape index (κ1) is 11.9. The van der Waals surface area contributed by atoms with E-state index < -0.39 is 10.0 Å². The van der Waals surface area contributed by atoms with Crippen LogP contribution in [0, 0.1) is 5.92 Å². The quantitative estimate of drug-likeness (QED) is 0.802. The van der Waals surface area contributed by atoms with Gasteiger partial charge in [-0.2, -0.15) is 4.31 Å². The monoisotopic (exact) mass is 258 g/mol. The summed E-state index contributed by atoms with van der Waals surface area (Å²) in [7, 11) is -3.05. The Morgan fingerprint density at radius 2 is 1.88 bits per heavy atom. The van der Waals surface area contributed by atoms with E-state index >= 15 is 0 Å². The van der Waals surface area contributed by atoms with Crippen molar-refractivity contribution in [2.45, 2.75) is 49.8 Å². The van der Waals surface area contributed by atoms with E-state index in [-0.39, 0.29) is 5.25 Å². The van der Waals surface area contributed by atoms with Crippen LogP contribution >= 0.6 is 0 Å². The van der Waals surface area contributed by atoms with Gasteiger partial charge in [0.05, 0.1) is 5.25 Å². The van der Waals surface area contributed by atoms with Crippen molar-refractivity contribution in [1.82, 2.24) is 9.62 Å². The summed E-state index contributed by atoms with van der Waals surface area (Å²) in [5.74, 6) is 0.646. The van der Waals surface area contributed by atoms with Gasteiger partial charge in [-0.25, -0.2) is 8.42 Å². The van der Waals surface area contributed by atoms with Crippen LogP contribution < -0.4 is 5.32 Å². The molecule has 5 heteroatoms. The lowest BCUT2D eigenvalue weighted by molar-refractivity contribution is 0.200. The highest BCUT2D eigenvalue weighted by atomic mass is 32.2. The summed E-state index contributed by atoms with van der Waals surface area (Å²) in [6.07, 6.45) is 6.62. The van der Waals surface area contributed by atoms with E-state index in [1.807, 2.05) is 4.31 Å². The third kappa shape index (κ3) is 2.02. The second kappa shape index (κ2) is 4.52. The molecule has 0 amide bonds. The Morgan fingerprint density at radius 3 is 2.65 bits per heavy atom. The number of nitrogens with one attached hydrogen (secondary N) is 1. The number of piperidine rings is 1. The van der Waals surface area contributed by atoms with Crippen molar-refractivity contribution in [3.05, 3.63) is 0 Å². The molecule has 98 valence electrons. The van der Waals surface area contributed by atoms with Gasteiger partial charge in [-0.1, -0.05) is 6.42 Å². The highest BCUT2D eigenvalue weighted by Crippen LogP contribution is 2.39. The fourth-order valence-corrected chi connectivity index (χ4v) is 5.96. The molecule has 1 aliphatic carbocycles. The zero-order valence-corrected chi connectivity index (χ0v) is 11.1. The number of hydrogen-bond acceptors (Lipinski definition) is 3. The molecule has 17 heavy (non-hydrogen) atoms. The third-order valence-corrected chi connectivity index (χ3v) is 7.06. The molecule has 0 aromatic rings. The van der Waals surface area contributed by atoms with E-state index in [0.717, 1.165) is 32.4 Å². The standard InChI is InChI=1S/C12H22N2O2S/c15-17(16,11-6-7-13-9-11)14-8-2-4-10-3-1-5-12(10)14/h10-13H,1-9H2. The molecule has 3 atom stereocenters. The normalized spacial score (nSPS) is 39.4. The van der Waals surface area contributed by atoms with Crippen LogP contribution in [0.5, 0.6) is 0 Å². The lowest BCUT2D eigenvalue weighted by atomic mass is 9.94. The summed E-state index contributed by atoms with van der Waals surface area (Å²) in [6, 6.07) is 0.328. The van der Waals surface area contributed by atoms with Crippen molar-refractivity contribution < 1.29 is 8.42 Å². The van der Waals surface area contributed by atoms with E-state index in [9.17, 15) is 8.42 Å². The highest BCUT2D eigenvalue weighted by molar-refractivity contribution is 7.89. The number of hydrogen-bond donors (Lipinski definition) is 1. The van der Waals surface area contributed by atoms with Gasteiger partial charge in [0.25, 0.3) is 0 Å². The van der Waals surface area contributed by atoms with Crippen LogP contribution in [-0.2, 0) is 10.0 Å². The molecule has 2 saturated heterocycles. The predicted octanol–water partition coefficient (Wildman–Crippen LogP) is 0.943. The third-order valence-electron chi connectivity index (χ3n) is 4.71. The summed E-state index contributed by atoms with van der Waals surface area (Å²) in [5, 5.41) is 3.01. The Labute approximate surface area is 104 Å². The first-order chi connectivity index (χ1) is 8.19. The van der Waals surface area contributed by atoms with Crippen molar-refractivity contribution >= 4 is 10.0 Å². The van der Waals surface area contributed by atoms with Crippen molar-refractivity contribution in [3.63, 3.8) is 0 Å². The van der Waals surface area contributed by atoms with Crippen molar-refractivity contribution in [3.8, 4) is 0 Å². The van der Waals surface area contributed by atoms with Gasteiger partial charge in [0.2, 0.25) is 10.0 Å². The van der Waals surface area contributed by atoms with Gasteiger partial charge in [0, 0.05) is 19.1 Å². The average Bonchev–Trinajstić information content (AvgIpc) is 2.99. The molecule has 0 aromatic heterocycles. The Bertz CT molecular complexity index is 376. The molecule has 2 aliphatic heterocycles. The molecule has 3 fully saturated rings. The summed E-state index contributed by atoms with van der Waals surface area (Å²) < 4.78 is 27.1. The second-order valence-corrected chi connectivity index (χ2v) is 7.84. The minimum Gasteiger partial charge on any atom is -0.315 e. The Morgan fingerprint density at radius 1 is 1.06 bits per heavy atom. The largest absolute Gasteiger partial charge is 0.315 e. The Kier molecular flexibility index (Phi) is 3.17. The van der Waals surface area contributed by atoms with Crippen molar-refractivity contribution in [1.29, 1.82) is 0 Å². The molecule has 3 aliphatic rings. The molecular formula is C12H22N2O2S.